The van der Waals surface area contributed by atoms with Crippen LogP contribution in [0.1, 0.15) is 118 Å². The minimum Gasteiger partial charge on any atom is -0.464 e. The molecule has 0 heterocycles. The Morgan fingerprint density at radius 1 is 1.03 bits per heavy atom. The van der Waals surface area contributed by atoms with Gasteiger partial charge in [0.2, 0.25) is 0 Å². The van der Waals surface area contributed by atoms with E-state index in [-0.39, 0.29) is 12.5 Å². The highest BCUT2D eigenvalue weighted by Crippen LogP contribution is 2.49. The standard InChI is InChI=1S/C27H49NO4/c1-5-32-26(30)25(28-24-19-21-17-22(18-21)27(24,4)31)23(29)16-14-12-10-8-6-7-9-11-13-15-20(2)3/h20-23,25,29,31H,5-19H2,1-4H3/t21?,22?,23-,25-,27-/m1/s1. The summed E-state index contributed by atoms with van der Waals surface area (Å²) < 4.78 is 5.20. The molecule has 0 aromatic rings. The second-order valence-electron chi connectivity index (χ2n) is 10.9. The Balaban J connectivity index is 1.69. The first kappa shape index (κ1) is 27.3. The van der Waals surface area contributed by atoms with Gasteiger partial charge in [0.1, 0.15) is 5.60 Å². The molecule has 3 rings (SSSR count). The van der Waals surface area contributed by atoms with Gasteiger partial charge in [-0.05, 0) is 57.3 Å². The van der Waals surface area contributed by atoms with E-state index in [1.807, 2.05) is 6.92 Å². The van der Waals surface area contributed by atoms with Gasteiger partial charge in [-0.2, -0.15) is 0 Å². The van der Waals surface area contributed by atoms with E-state index in [9.17, 15) is 15.0 Å². The number of aliphatic hydroxyl groups excluding tert-OH is 1. The van der Waals surface area contributed by atoms with Gasteiger partial charge in [0, 0.05) is 5.71 Å². The number of carbonyl (C=O) groups excluding carboxylic acids is 1. The third-order valence-electron chi connectivity index (χ3n) is 7.57. The Morgan fingerprint density at radius 3 is 2.06 bits per heavy atom. The quantitative estimate of drug-likeness (QED) is 0.228. The molecule has 0 spiro atoms. The highest BCUT2D eigenvalue weighted by molar-refractivity contribution is 5.96. The van der Waals surface area contributed by atoms with Crippen LogP contribution in [0.5, 0.6) is 0 Å². The lowest BCUT2D eigenvalue weighted by Crippen LogP contribution is -2.56. The Labute approximate surface area is 196 Å². The third-order valence-corrected chi connectivity index (χ3v) is 7.57. The van der Waals surface area contributed by atoms with Crippen LogP contribution in [-0.2, 0) is 9.53 Å². The molecule has 2 bridgehead atoms. The average molecular weight is 452 g/mol. The van der Waals surface area contributed by atoms with Crippen LogP contribution in [0.3, 0.4) is 0 Å². The van der Waals surface area contributed by atoms with E-state index in [1.165, 1.54) is 51.4 Å². The summed E-state index contributed by atoms with van der Waals surface area (Å²) in [6, 6.07) is -0.917. The number of esters is 1. The molecule has 186 valence electrons. The SMILES string of the molecule is CCOC(=O)[C@H](N=C1CC2CC(C2)[C@@]1(C)O)[C@H](O)CCCCCCCCCCCC(C)C. The van der Waals surface area contributed by atoms with Gasteiger partial charge in [-0.15, -0.1) is 0 Å². The average Bonchev–Trinajstić information content (AvgIpc) is 2.69. The van der Waals surface area contributed by atoms with Crippen molar-refractivity contribution in [1.82, 2.24) is 0 Å². The number of carbonyl (C=O) groups is 1. The van der Waals surface area contributed by atoms with Crippen LogP contribution >= 0.6 is 0 Å². The highest BCUT2D eigenvalue weighted by atomic mass is 16.5. The van der Waals surface area contributed by atoms with Crippen LogP contribution in [0.4, 0.5) is 0 Å². The fourth-order valence-electron chi connectivity index (χ4n) is 5.25. The summed E-state index contributed by atoms with van der Waals surface area (Å²) in [5.41, 5.74) is -0.288. The molecule has 3 fully saturated rings. The zero-order valence-corrected chi connectivity index (χ0v) is 21.2. The van der Waals surface area contributed by atoms with Crippen LogP contribution in [0, 0.1) is 17.8 Å². The minimum atomic E-state index is -0.964. The molecule has 32 heavy (non-hydrogen) atoms. The van der Waals surface area contributed by atoms with Crippen molar-refractivity contribution >= 4 is 11.7 Å². The number of nitrogens with zero attached hydrogens (tertiary/aromatic N) is 1. The van der Waals surface area contributed by atoms with Gasteiger partial charge in [-0.1, -0.05) is 78.1 Å². The maximum atomic E-state index is 12.5. The summed E-state index contributed by atoms with van der Waals surface area (Å²) in [7, 11) is 0. The third kappa shape index (κ3) is 8.44. The van der Waals surface area contributed by atoms with Gasteiger partial charge >= 0.3 is 5.97 Å². The van der Waals surface area contributed by atoms with Crippen molar-refractivity contribution in [3.63, 3.8) is 0 Å². The number of fused-ring (bicyclic) bond motifs is 2. The highest BCUT2D eigenvalue weighted by Gasteiger charge is 2.51. The van der Waals surface area contributed by atoms with E-state index >= 15 is 0 Å². The van der Waals surface area contributed by atoms with Gasteiger partial charge < -0.3 is 14.9 Å². The second-order valence-corrected chi connectivity index (χ2v) is 10.9. The zero-order chi connectivity index (χ0) is 23.6. The first-order valence-electron chi connectivity index (χ1n) is 13.4. The van der Waals surface area contributed by atoms with E-state index in [0.717, 1.165) is 38.0 Å². The van der Waals surface area contributed by atoms with Crippen molar-refractivity contribution in [2.45, 2.75) is 135 Å². The molecule has 5 nitrogen and oxygen atoms in total. The number of rotatable bonds is 16. The molecular formula is C27H49NO4. The Morgan fingerprint density at radius 2 is 1.56 bits per heavy atom. The molecule has 0 aliphatic heterocycles. The lowest BCUT2D eigenvalue weighted by molar-refractivity contribution is -0.147. The van der Waals surface area contributed by atoms with Crippen molar-refractivity contribution in [3.05, 3.63) is 0 Å². The van der Waals surface area contributed by atoms with Gasteiger partial charge in [0.25, 0.3) is 0 Å². The van der Waals surface area contributed by atoms with E-state index in [1.54, 1.807) is 6.92 Å². The van der Waals surface area contributed by atoms with Crippen LogP contribution in [-0.4, -0.2) is 46.2 Å². The van der Waals surface area contributed by atoms with Crippen LogP contribution < -0.4 is 0 Å². The molecule has 2 N–H and O–H groups in total. The lowest BCUT2D eigenvalue weighted by Gasteiger charge is -2.51. The largest absolute Gasteiger partial charge is 0.464 e. The van der Waals surface area contributed by atoms with Crippen molar-refractivity contribution in [3.8, 4) is 0 Å². The molecule has 0 aromatic heterocycles. The zero-order valence-electron chi connectivity index (χ0n) is 21.2. The van der Waals surface area contributed by atoms with Gasteiger partial charge in [-0.3, -0.25) is 4.99 Å². The monoisotopic (exact) mass is 451 g/mol. The normalized spacial score (nSPS) is 27.9. The summed E-state index contributed by atoms with van der Waals surface area (Å²) in [6.45, 7) is 8.43. The smallest absolute Gasteiger partial charge is 0.333 e. The van der Waals surface area contributed by atoms with E-state index < -0.39 is 23.7 Å². The van der Waals surface area contributed by atoms with Crippen LogP contribution in [0.15, 0.2) is 4.99 Å². The maximum Gasteiger partial charge on any atom is 0.333 e. The Bertz CT molecular complexity index is 580. The Hall–Kier alpha value is -0.940. The van der Waals surface area contributed by atoms with E-state index in [0.29, 0.717) is 18.1 Å². The van der Waals surface area contributed by atoms with Gasteiger partial charge in [-0.25, -0.2) is 4.79 Å². The molecule has 3 atom stereocenters. The first-order valence-corrected chi connectivity index (χ1v) is 13.4. The summed E-state index contributed by atoms with van der Waals surface area (Å²) in [5, 5.41) is 21.7. The lowest BCUT2D eigenvalue weighted by atomic mass is 9.57. The molecule has 0 saturated heterocycles. The molecule has 3 aliphatic carbocycles. The molecule has 3 saturated carbocycles. The predicted octanol–water partition coefficient (Wildman–Crippen LogP) is 5.85. The first-order chi connectivity index (χ1) is 15.3. The van der Waals surface area contributed by atoms with Crippen LogP contribution in [0.2, 0.25) is 0 Å². The molecule has 0 radical (unpaired) electrons. The van der Waals surface area contributed by atoms with Crippen LogP contribution in [0.25, 0.3) is 0 Å². The van der Waals surface area contributed by atoms with Gasteiger partial charge in [0.05, 0.1) is 12.7 Å². The topological polar surface area (TPSA) is 79.1 Å². The molecule has 3 aliphatic rings. The van der Waals surface area contributed by atoms with Crippen molar-refractivity contribution in [2.75, 3.05) is 6.61 Å². The Kier molecular flexibility index (Phi) is 11.7. The summed E-state index contributed by atoms with van der Waals surface area (Å²) in [5.74, 6) is 1.14. The molecular weight excluding hydrogens is 402 g/mol. The van der Waals surface area contributed by atoms with E-state index in [4.69, 9.17) is 4.74 Å². The second kappa shape index (κ2) is 13.7. The molecule has 5 heteroatoms. The van der Waals surface area contributed by atoms with E-state index in [2.05, 4.69) is 18.8 Å². The number of hydrogen-bond donors (Lipinski definition) is 2. The number of hydrogen-bond acceptors (Lipinski definition) is 5. The minimum absolute atomic E-state index is 0.232. The van der Waals surface area contributed by atoms with Gasteiger partial charge in [0.15, 0.2) is 6.04 Å². The fraction of sp³-hybridized carbons (Fsp3) is 0.926. The van der Waals surface area contributed by atoms with Crippen molar-refractivity contribution in [2.24, 2.45) is 22.7 Å². The molecule has 0 aromatic carbocycles. The summed E-state index contributed by atoms with van der Waals surface area (Å²) in [6.07, 6.45) is 14.9. The van der Waals surface area contributed by atoms with Crippen molar-refractivity contribution in [1.29, 1.82) is 0 Å². The maximum absolute atomic E-state index is 12.5. The number of aliphatic imine (C=N–C) groups is 1. The number of ether oxygens (including phenoxy) is 1. The molecule has 0 unspecified atom stereocenters. The fourth-order valence-corrected chi connectivity index (χ4v) is 5.25. The van der Waals surface area contributed by atoms with Crippen molar-refractivity contribution < 1.29 is 19.7 Å². The number of aliphatic hydroxyl groups is 2. The summed E-state index contributed by atoms with van der Waals surface area (Å²) in [4.78, 5) is 17.1. The molecule has 0 amide bonds. The predicted molar refractivity (Wildman–Crippen MR) is 131 cm³/mol. The summed E-state index contributed by atoms with van der Waals surface area (Å²) >= 11 is 0. The number of unbranched alkanes of at least 4 members (excludes halogenated alkanes) is 8.